The molecular formula is C24H28N2O4. The van der Waals surface area contributed by atoms with Gasteiger partial charge >= 0.3 is 0 Å². The Balaban J connectivity index is 1.69. The van der Waals surface area contributed by atoms with E-state index in [-0.39, 0.29) is 24.1 Å². The number of nitrogens with zero attached hydrogens (tertiary/aromatic N) is 2. The van der Waals surface area contributed by atoms with Crippen LogP contribution < -0.4 is 9.64 Å². The maximum atomic E-state index is 13.0. The predicted octanol–water partition coefficient (Wildman–Crippen LogP) is 3.59. The Morgan fingerprint density at radius 1 is 1.10 bits per heavy atom. The third kappa shape index (κ3) is 5.06. The molecule has 0 spiro atoms. The van der Waals surface area contributed by atoms with E-state index < -0.39 is 6.04 Å². The van der Waals surface area contributed by atoms with E-state index in [0.717, 1.165) is 18.4 Å². The van der Waals surface area contributed by atoms with E-state index in [1.165, 1.54) is 16.7 Å². The molecule has 0 radical (unpaired) electrons. The van der Waals surface area contributed by atoms with E-state index in [1.54, 1.807) is 24.3 Å². The second-order valence-corrected chi connectivity index (χ2v) is 7.43. The molecule has 3 rings (SSSR count). The molecule has 0 N–H and O–H groups in total. The summed E-state index contributed by atoms with van der Waals surface area (Å²) in [6.45, 7) is 4.56. The number of carbonyl (C=O) groups excluding carboxylic acids is 3. The second kappa shape index (κ2) is 10.1. The zero-order valence-corrected chi connectivity index (χ0v) is 17.5. The Hall–Kier alpha value is -3.15. The van der Waals surface area contributed by atoms with Crippen LogP contribution in [0.3, 0.4) is 0 Å². The maximum Gasteiger partial charge on any atom is 0.257 e. The number of hydrogen-bond donors (Lipinski definition) is 0. The molecule has 158 valence electrons. The fourth-order valence-electron chi connectivity index (χ4n) is 3.58. The van der Waals surface area contributed by atoms with Gasteiger partial charge in [0.2, 0.25) is 11.8 Å². The van der Waals surface area contributed by atoms with Crippen LogP contribution in [-0.2, 0) is 20.8 Å². The highest BCUT2D eigenvalue weighted by Gasteiger charge is 2.43. The summed E-state index contributed by atoms with van der Waals surface area (Å²) in [5, 5.41) is 0. The van der Waals surface area contributed by atoms with E-state index in [1.807, 2.05) is 30.3 Å². The van der Waals surface area contributed by atoms with Crippen molar-refractivity contribution in [1.82, 2.24) is 4.90 Å². The fraction of sp³-hybridized carbons (Fsp3) is 0.375. The Morgan fingerprint density at radius 3 is 2.43 bits per heavy atom. The van der Waals surface area contributed by atoms with E-state index in [2.05, 4.69) is 6.92 Å². The predicted molar refractivity (Wildman–Crippen MR) is 115 cm³/mol. The minimum absolute atomic E-state index is 0.00194. The van der Waals surface area contributed by atoms with Gasteiger partial charge in [0.25, 0.3) is 5.91 Å². The van der Waals surface area contributed by atoms with Crippen LogP contribution in [0.2, 0.25) is 0 Å². The number of carbonyl (C=O) groups is 3. The summed E-state index contributed by atoms with van der Waals surface area (Å²) >= 11 is 0. The Labute approximate surface area is 177 Å². The lowest BCUT2D eigenvalue weighted by Crippen LogP contribution is -2.45. The van der Waals surface area contributed by atoms with Crippen molar-refractivity contribution in [3.8, 4) is 5.75 Å². The van der Waals surface area contributed by atoms with Crippen LogP contribution in [0.1, 0.15) is 38.7 Å². The highest BCUT2D eigenvalue weighted by Crippen LogP contribution is 2.27. The van der Waals surface area contributed by atoms with Crippen molar-refractivity contribution in [3.05, 3.63) is 60.2 Å². The molecule has 1 fully saturated rings. The maximum absolute atomic E-state index is 13.0. The van der Waals surface area contributed by atoms with Crippen LogP contribution in [-0.4, -0.2) is 41.8 Å². The van der Waals surface area contributed by atoms with Crippen LogP contribution in [0.15, 0.2) is 54.6 Å². The van der Waals surface area contributed by atoms with Crippen molar-refractivity contribution in [2.24, 2.45) is 0 Å². The molecule has 2 aromatic rings. The van der Waals surface area contributed by atoms with Crippen molar-refractivity contribution in [3.63, 3.8) is 0 Å². The number of amides is 3. The summed E-state index contributed by atoms with van der Waals surface area (Å²) in [5.41, 5.74) is 1.58. The van der Waals surface area contributed by atoms with E-state index in [4.69, 9.17) is 4.74 Å². The molecule has 0 aromatic heterocycles. The first kappa shape index (κ1) is 21.6. The number of imide groups is 1. The number of hydrogen-bond acceptors (Lipinski definition) is 4. The minimum Gasteiger partial charge on any atom is -0.494 e. The second-order valence-electron chi connectivity index (χ2n) is 7.43. The van der Waals surface area contributed by atoms with Crippen LogP contribution in [0.4, 0.5) is 5.69 Å². The molecule has 3 amide bonds. The van der Waals surface area contributed by atoms with Crippen molar-refractivity contribution in [2.75, 3.05) is 18.1 Å². The molecule has 1 atom stereocenters. The number of benzene rings is 2. The smallest absolute Gasteiger partial charge is 0.257 e. The van der Waals surface area contributed by atoms with Crippen molar-refractivity contribution < 1.29 is 19.1 Å². The first-order valence-electron chi connectivity index (χ1n) is 10.4. The van der Waals surface area contributed by atoms with Crippen LogP contribution in [0, 0.1) is 0 Å². The lowest BCUT2D eigenvalue weighted by atomic mass is 10.1. The summed E-state index contributed by atoms with van der Waals surface area (Å²) < 4.78 is 5.64. The zero-order chi connectivity index (χ0) is 21.5. The van der Waals surface area contributed by atoms with Crippen molar-refractivity contribution >= 4 is 23.4 Å². The Morgan fingerprint density at radius 2 is 1.80 bits per heavy atom. The van der Waals surface area contributed by atoms with Gasteiger partial charge in [0.05, 0.1) is 18.7 Å². The van der Waals surface area contributed by atoms with Crippen molar-refractivity contribution in [2.45, 2.75) is 45.6 Å². The highest BCUT2D eigenvalue weighted by atomic mass is 16.5. The van der Waals surface area contributed by atoms with Crippen LogP contribution in [0.25, 0.3) is 0 Å². The van der Waals surface area contributed by atoms with Gasteiger partial charge in [-0.15, -0.1) is 0 Å². The van der Waals surface area contributed by atoms with Gasteiger partial charge in [-0.05, 0) is 42.7 Å². The van der Waals surface area contributed by atoms with Gasteiger partial charge in [-0.25, -0.2) is 4.90 Å². The average Bonchev–Trinajstić information content (AvgIpc) is 3.03. The number of anilines is 1. The van der Waals surface area contributed by atoms with Gasteiger partial charge in [-0.1, -0.05) is 43.7 Å². The van der Waals surface area contributed by atoms with Gasteiger partial charge < -0.3 is 9.64 Å². The minimum atomic E-state index is -0.765. The third-order valence-corrected chi connectivity index (χ3v) is 5.25. The van der Waals surface area contributed by atoms with Crippen LogP contribution in [0.5, 0.6) is 5.75 Å². The molecule has 0 unspecified atom stereocenters. The van der Waals surface area contributed by atoms with Gasteiger partial charge in [0.15, 0.2) is 0 Å². The Bertz CT molecular complexity index is 880. The summed E-state index contributed by atoms with van der Waals surface area (Å²) in [6.07, 6.45) is 2.65. The lowest BCUT2D eigenvalue weighted by Gasteiger charge is -2.26. The lowest BCUT2D eigenvalue weighted by molar-refractivity contribution is -0.136. The summed E-state index contributed by atoms with van der Waals surface area (Å²) in [5.74, 6) is -0.159. The SMILES string of the molecule is CCCCOc1ccc(N2C(=O)C[C@@H](N(CCc3ccccc3)C(C)=O)C2=O)cc1. The third-order valence-electron chi connectivity index (χ3n) is 5.25. The molecule has 0 saturated carbocycles. The highest BCUT2D eigenvalue weighted by molar-refractivity contribution is 6.23. The first-order valence-corrected chi connectivity index (χ1v) is 10.4. The first-order chi connectivity index (χ1) is 14.5. The normalized spacial score (nSPS) is 16.1. The topological polar surface area (TPSA) is 66.9 Å². The molecule has 1 aliphatic heterocycles. The average molecular weight is 408 g/mol. The van der Waals surface area contributed by atoms with Crippen LogP contribution >= 0.6 is 0 Å². The Kier molecular flexibility index (Phi) is 7.22. The van der Waals surface area contributed by atoms with Gasteiger partial charge in [0, 0.05) is 13.5 Å². The van der Waals surface area contributed by atoms with E-state index in [0.29, 0.717) is 31.0 Å². The largest absolute Gasteiger partial charge is 0.494 e. The molecule has 30 heavy (non-hydrogen) atoms. The monoisotopic (exact) mass is 408 g/mol. The molecular weight excluding hydrogens is 380 g/mol. The molecule has 6 nitrogen and oxygen atoms in total. The summed E-state index contributed by atoms with van der Waals surface area (Å²) in [4.78, 5) is 40.6. The molecule has 1 saturated heterocycles. The van der Waals surface area contributed by atoms with Gasteiger partial charge in [0.1, 0.15) is 11.8 Å². The number of unbranched alkanes of at least 4 members (excludes halogenated alkanes) is 1. The molecule has 2 aromatic carbocycles. The quantitative estimate of drug-likeness (QED) is 0.470. The molecule has 1 aliphatic rings. The van der Waals surface area contributed by atoms with E-state index >= 15 is 0 Å². The number of ether oxygens (including phenoxy) is 1. The van der Waals surface area contributed by atoms with Gasteiger partial charge in [-0.2, -0.15) is 0 Å². The summed E-state index contributed by atoms with van der Waals surface area (Å²) in [6, 6.07) is 16.0. The molecule has 0 aliphatic carbocycles. The zero-order valence-electron chi connectivity index (χ0n) is 17.5. The number of rotatable bonds is 9. The standard InChI is InChI=1S/C24H28N2O4/c1-3-4-16-30-21-12-10-20(11-13-21)26-23(28)17-22(24(26)29)25(18(2)27)15-14-19-8-6-5-7-9-19/h5-13,22H,3-4,14-17H2,1-2H3/t22-/m1/s1. The molecule has 0 bridgehead atoms. The molecule has 6 heteroatoms. The fourth-order valence-corrected chi connectivity index (χ4v) is 3.58. The summed E-state index contributed by atoms with van der Waals surface area (Å²) in [7, 11) is 0. The van der Waals surface area contributed by atoms with Gasteiger partial charge in [-0.3, -0.25) is 14.4 Å². The molecule has 1 heterocycles. The van der Waals surface area contributed by atoms with E-state index in [9.17, 15) is 14.4 Å². The van der Waals surface area contributed by atoms with Crippen molar-refractivity contribution in [1.29, 1.82) is 0 Å².